The highest BCUT2D eigenvalue weighted by molar-refractivity contribution is 5.86. The zero-order chi connectivity index (χ0) is 21.7. The Morgan fingerprint density at radius 1 is 1.23 bits per heavy atom. The fraction of sp³-hybridized carbons (Fsp3) is 0.333. The van der Waals surface area contributed by atoms with Crippen molar-refractivity contribution in [3.63, 3.8) is 0 Å². The molecule has 30 heavy (non-hydrogen) atoms. The van der Waals surface area contributed by atoms with Crippen LogP contribution in [0.3, 0.4) is 0 Å². The van der Waals surface area contributed by atoms with Gasteiger partial charge in [-0.2, -0.15) is 0 Å². The van der Waals surface area contributed by atoms with Crippen LogP contribution < -0.4 is 5.01 Å². The minimum Gasteiger partial charge on any atom is -0.480 e. The van der Waals surface area contributed by atoms with Gasteiger partial charge in [0.15, 0.2) is 0 Å². The Kier molecular flexibility index (Phi) is 6.20. The van der Waals surface area contributed by atoms with Crippen LogP contribution in [-0.2, 0) is 22.5 Å². The second-order valence-electron chi connectivity index (χ2n) is 7.80. The summed E-state index contributed by atoms with van der Waals surface area (Å²) in [6.07, 6.45) is 6.30. The first-order chi connectivity index (χ1) is 14.2. The van der Waals surface area contributed by atoms with Crippen LogP contribution in [0, 0.1) is 0 Å². The third-order valence-electron chi connectivity index (χ3n) is 4.27. The molecule has 2 heterocycles. The second kappa shape index (κ2) is 8.81. The topological polar surface area (TPSA) is 113 Å². The Balaban J connectivity index is 2.00. The summed E-state index contributed by atoms with van der Waals surface area (Å²) >= 11 is 0. The van der Waals surface area contributed by atoms with Crippen molar-refractivity contribution >= 4 is 11.9 Å². The van der Waals surface area contributed by atoms with E-state index in [1.165, 1.54) is 17.2 Å². The molecule has 2 aromatic heterocycles. The lowest BCUT2D eigenvalue weighted by Gasteiger charge is -2.32. The van der Waals surface area contributed by atoms with Gasteiger partial charge in [0.25, 0.3) is 0 Å². The van der Waals surface area contributed by atoms with E-state index in [0.717, 1.165) is 5.56 Å². The number of aromatic amines is 1. The number of imidazole rings is 2. The summed E-state index contributed by atoms with van der Waals surface area (Å²) in [6.45, 7) is 5.53. The molecule has 1 atom stereocenters. The molecule has 2 N–H and O–H groups in total. The number of H-pyrrole nitrogens is 1. The number of aromatic nitrogens is 4. The number of hydrogen-bond acceptors (Lipinski definition) is 6. The van der Waals surface area contributed by atoms with Gasteiger partial charge >= 0.3 is 11.9 Å². The van der Waals surface area contributed by atoms with Crippen molar-refractivity contribution in [2.24, 2.45) is 0 Å². The number of hydrogen-bond donors (Lipinski definition) is 2. The third kappa shape index (κ3) is 5.25. The number of carboxylic acids is 1. The molecule has 0 aliphatic heterocycles. The summed E-state index contributed by atoms with van der Waals surface area (Å²) in [5.74, 6) is -1.67. The number of carboxylic acid groups (broad SMARTS) is 1. The fourth-order valence-corrected chi connectivity index (χ4v) is 3.00. The van der Waals surface area contributed by atoms with Gasteiger partial charge in [-0.05, 0) is 26.3 Å². The summed E-state index contributed by atoms with van der Waals surface area (Å²) in [7, 11) is 0. The summed E-state index contributed by atoms with van der Waals surface area (Å²) in [4.78, 5) is 36.1. The highest BCUT2D eigenvalue weighted by Crippen LogP contribution is 2.16. The number of ether oxygens (including phenoxy) is 1. The molecule has 158 valence electrons. The van der Waals surface area contributed by atoms with Crippen LogP contribution in [-0.4, -0.2) is 48.3 Å². The van der Waals surface area contributed by atoms with Crippen molar-refractivity contribution in [3.8, 4) is 0 Å². The Morgan fingerprint density at radius 2 is 1.97 bits per heavy atom. The van der Waals surface area contributed by atoms with Crippen molar-refractivity contribution in [2.75, 3.05) is 5.01 Å². The molecular formula is C21H25N5O4. The van der Waals surface area contributed by atoms with Crippen LogP contribution in [0.15, 0.2) is 55.2 Å². The number of carbonyl (C=O) groups is 2. The van der Waals surface area contributed by atoms with E-state index in [2.05, 4.69) is 15.0 Å². The SMILES string of the molecule is CC(C)(C)OC(=O)c1nccn1N(Cc1ccccc1)[C@@H](Cc1c[nH]cn1)C(=O)O. The van der Waals surface area contributed by atoms with Crippen molar-refractivity contribution < 1.29 is 19.4 Å². The number of benzene rings is 1. The van der Waals surface area contributed by atoms with E-state index < -0.39 is 23.6 Å². The molecule has 0 saturated heterocycles. The molecular weight excluding hydrogens is 386 g/mol. The molecule has 9 heteroatoms. The van der Waals surface area contributed by atoms with Gasteiger partial charge in [-0.25, -0.2) is 24.2 Å². The number of aliphatic carboxylic acids is 1. The lowest BCUT2D eigenvalue weighted by molar-refractivity contribution is -0.139. The molecule has 3 aromatic rings. The average Bonchev–Trinajstić information content (AvgIpc) is 3.35. The smallest absolute Gasteiger partial charge is 0.376 e. The van der Waals surface area contributed by atoms with Gasteiger partial charge in [0.05, 0.1) is 18.6 Å². The normalized spacial score (nSPS) is 12.4. The zero-order valence-corrected chi connectivity index (χ0v) is 17.1. The maximum absolute atomic E-state index is 12.7. The molecule has 9 nitrogen and oxygen atoms in total. The van der Waals surface area contributed by atoms with Gasteiger partial charge in [0.1, 0.15) is 11.6 Å². The molecule has 1 aromatic carbocycles. The Bertz CT molecular complexity index is 977. The molecule has 0 bridgehead atoms. The molecule has 0 unspecified atom stereocenters. The Hall–Kier alpha value is -3.62. The average molecular weight is 411 g/mol. The van der Waals surface area contributed by atoms with E-state index in [9.17, 15) is 14.7 Å². The van der Waals surface area contributed by atoms with Gasteiger partial charge in [-0.3, -0.25) is 5.01 Å². The number of nitrogens with one attached hydrogen (secondary N) is 1. The maximum Gasteiger partial charge on any atom is 0.376 e. The lowest BCUT2D eigenvalue weighted by atomic mass is 10.1. The lowest BCUT2D eigenvalue weighted by Crippen LogP contribution is -2.50. The Morgan fingerprint density at radius 3 is 2.57 bits per heavy atom. The summed E-state index contributed by atoms with van der Waals surface area (Å²) in [6, 6.07) is 8.42. The number of nitrogens with zero attached hydrogens (tertiary/aromatic N) is 4. The van der Waals surface area contributed by atoms with E-state index in [1.807, 2.05) is 30.3 Å². The molecule has 0 spiro atoms. The number of rotatable bonds is 8. The summed E-state index contributed by atoms with van der Waals surface area (Å²) < 4.78 is 6.91. The number of esters is 1. The summed E-state index contributed by atoms with van der Waals surface area (Å²) in [5, 5.41) is 11.6. The van der Waals surface area contributed by atoms with Crippen molar-refractivity contribution in [2.45, 2.75) is 45.4 Å². The van der Waals surface area contributed by atoms with E-state index in [-0.39, 0.29) is 18.8 Å². The van der Waals surface area contributed by atoms with Crippen LogP contribution in [0.25, 0.3) is 0 Å². The first-order valence-electron chi connectivity index (χ1n) is 9.52. The van der Waals surface area contributed by atoms with Gasteiger partial charge in [0.2, 0.25) is 5.82 Å². The number of carbonyl (C=O) groups excluding carboxylic acids is 1. The standard InChI is InChI=1S/C21H25N5O4/c1-21(2,3)30-20(29)18-23-9-10-25(18)26(13-15-7-5-4-6-8-15)17(19(27)28)11-16-12-22-14-24-16/h4-10,12,14,17H,11,13H2,1-3H3,(H,22,24)(H,27,28)/t17-/m0/s1. The molecule has 0 radical (unpaired) electrons. The minimum atomic E-state index is -1.04. The minimum absolute atomic E-state index is 0.00846. The van der Waals surface area contributed by atoms with Crippen LogP contribution >= 0.6 is 0 Å². The molecule has 3 rings (SSSR count). The fourth-order valence-electron chi connectivity index (χ4n) is 3.00. The molecule has 0 aliphatic rings. The maximum atomic E-state index is 12.7. The van der Waals surface area contributed by atoms with Crippen LogP contribution in [0.1, 0.15) is 42.6 Å². The van der Waals surface area contributed by atoms with E-state index >= 15 is 0 Å². The highest BCUT2D eigenvalue weighted by atomic mass is 16.6. The van der Waals surface area contributed by atoms with E-state index in [0.29, 0.717) is 5.69 Å². The van der Waals surface area contributed by atoms with Gasteiger partial charge in [-0.1, -0.05) is 30.3 Å². The van der Waals surface area contributed by atoms with Gasteiger partial charge < -0.3 is 14.8 Å². The predicted molar refractivity (Wildman–Crippen MR) is 109 cm³/mol. The highest BCUT2D eigenvalue weighted by Gasteiger charge is 2.31. The largest absolute Gasteiger partial charge is 0.480 e. The van der Waals surface area contributed by atoms with Crippen LogP contribution in [0.2, 0.25) is 0 Å². The van der Waals surface area contributed by atoms with Gasteiger partial charge in [-0.15, -0.1) is 0 Å². The zero-order valence-electron chi connectivity index (χ0n) is 17.1. The summed E-state index contributed by atoms with van der Waals surface area (Å²) in [5.41, 5.74) is 0.772. The van der Waals surface area contributed by atoms with Crippen LogP contribution in [0.4, 0.5) is 0 Å². The van der Waals surface area contributed by atoms with Crippen LogP contribution in [0.5, 0.6) is 0 Å². The predicted octanol–water partition coefficient (Wildman–Crippen LogP) is 2.40. The van der Waals surface area contributed by atoms with E-state index in [4.69, 9.17) is 4.74 Å². The monoisotopic (exact) mass is 411 g/mol. The second-order valence-corrected chi connectivity index (χ2v) is 7.80. The first kappa shape index (κ1) is 21.1. The molecule has 0 saturated carbocycles. The van der Waals surface area contributed by atoms with Crippen molar-refractivity contribution in [1.29, 1.82) is 0 Å². The quantitative estimate of drug-likeness (QED) is 0.547. The molecule has 0 amide bonds. The molecule has 0 fully saturated rings. The third-order valence-corrected chi connectivity index (χ3v) is 4.27. The van der Waals surface area contributed by atoms with Crippen molar-refractivity contribution in [3.05, 3.63) is 72.3 Å². The van der Waals surface area contributed by atoms with Crippen molar-refractivity contribution in [1.82, 2.24) is 19.6 Å². The van der Waals surface area contributed by atoms with Gasteiger partial charge in [0, 0.05) is 25.0 Å². The first-order valence-corrected chi connectivity index (χ1v) is 9.52. The van der Waals surface area contributed by atoms with E-state index in [1.54, 1.807) is 38.2 Å². The molecule has 0 aliphatic carbocycles. The Labute approximate surface area is 174 Å².